The molecule has 2 atom stereocenters. The fourth-order valence-electron chi connectivity index (χ4n) is 1.74. The summed E-state index contributed by atoms with van der Waals surface area (Å²) in [6.07, 6.45) is -1.33. The Morgan fingerprint density at radius 1 is 1.17 bits per heavy atom. The summed E-state index contributed by atoms with van der Waals surface area (Å²) in [5.74, 6) is 0.221. The van der Waals surface area contributed by atoms with Gasteiger partial charge < -0.3 is 9.63 Å². The molecule has 8 heteroatoms. The normalized spacial score (nSPS) is 16.3. The van der Waals surface area contributed by atoms with Gasteiger partial charge in [-0.25, -0.2) is 0 Å². The quantitative estimate of drug-likeness (QED) is 0.535. The molecule has 0 aromatic heterocycles. The van der Waals surface area contributed by atoms with E-state index >= 15 is 0 Å². The topological polar surface area (TPSA) is 89.9 Å². The predicted molar refractivity (Wildman–Crippen MR) is 89.5 cm³/mol. The van der Waals surface area contributed by atoms with Crippen molar-refractivity contribution in [2.24, 2.45) is 5.92 Å². The molecule has 0 spiro atoms. The van der Waals surface area contributed by atoms with Crippen LogP contribution in [0, 0.1) is 12.8 Å². The van der Waals surface area contributed by atoms with Crippen LogP contribution in [0.5, 0.6) is 0 Å². The van der Waals surface area contributed by atoms with Crippen molar-refractivity contribution in [2.45, 2.75) is 31.8 Å². The minimum absolute atomic E-state index is 0.0195. The van der Waals surface area contributed by atoms with Crippen LogP contribution in [0.4, 0.5) is 0 Å². The largest absolute Gasteiger partial charge is 0.390 e. The first kappa shape index (κ1) is 20.3. The van der Waals surface area contributed by atoms with Crippen LogP contribution >= 0.6 is 7.37 Å². The Kier molecular flexibility index (Phi) is 7.42. The maximum absolute atomic E-state index is 12.2. The molecule has 0 aliphatic rings. The molecule has 0 aliphatic heterocycles. The molecule has 1 rings (SSSR count). The van der Waals surface area contributed by atoms with E-state index in [-0.39, 0.29) is 17.0 Å². The van der Waals surface area contributed by atoms with Gasteiger partial charge in [0.15, 0.2) is 0 Å². The minimum atomic E-state index is -3.94. The van der Waals surface area contributed by atoms with E-state index in [1.807, 2.05) is 20.8 Å². The standard InChI is InChI=1S/C15H25O6PS/c1-12(2)9-20-22(4,17)11-14(16)10-21-23(18,19)15-7-5-13(3)6-8-15/h5-8,12,14,16H,9-11H2,1-4H3/t14-,22?/m0/s1. The zero-order valence-electron chi connectivity index (χ0n) is 13.9. The molecule has 1 aromatic carbocycles. The molecule has 132 valence electrons. The van der Waals surface area contributed by atoms with Crippen LogP contribution in [0.15, 0.2) is 29.2 Å². The van der Waals surface area contributed by atoms with Gasteiger partial charge in [-0.05, 0) is 25.0 Å². The van der Waals surface area contributed by atoms with Crippen molar-refractivity contribution in [2.75, 3.05) is 26.0 Å². The second-order valence-electron chi connectivity index (χ2n) is 6.09. The van der Waals surface area contributed by atoms with Crippen molar-refractivity contribution in [1.29, 1.82) is 0 Å². The van der Waals surface area contributed by atoms with Gasteiger partial charge >= 0.3 is 0 Å². The fraction of sp³-hybridized carbons (Fsp3) is 0.600. The van der Waals surface area contributed by atoms with Crippen molar-refractivity contribution in [3.05, 3.63) is 29.8 Å². The first-order chi connectivity index (χ1) is 10.5. The number of aliphatic hydroxyl groups excluding tert-OH is 1. The Bertz CT molecular complexity index is 638. The Hall–Kier alpha value is -0.720. The molecule has 0 fully saturated rings. The minimum Gasteiger partial charge on any atom is -0.390 e. The lowest BCUT2D eigenvalue weighted by atomic mass is 10.2. The van der Waals surface area contributed by atoms with E-state index in [1.54, 1.807) is 12.1 Å². The highest BCUT2D eigenvalue weighted by Gasteiger charge is 2.24. The third-order valence-corrected chi connectivity index (χ3v) is 6.02. The molecule has 0 saturated heterocycles. The summed E-state index contributed by atoms with van der Waals surface area (Å²) in [7, 11) is -6.93. The van der Waals surface area contributed by atoms with Crippen LogP contribution in [0.3, 0.4) is 0 Å². The van der Waals surface area contributed by atoms with Crippen LogP contribution < -0.4 is 0 Å². The van der Waals surface area contributed by atoms with Gasteiger partial charge in [0.05, 0.1) is 30.4 Å². The second-order valence-corrected chi connectivity index (χ2v) is 10.4. The second kappa shape index (κ2) is 8.40. The van der Waals surface area contributed by atoms with Crippen LogP contribution in [-0.2, 0) is 23.4 Å². The number of rotatable bonds is 9. The fourth-order valence-corrected chi connectivity index (χ4v) is 4.27. The zero-order chi connectivity index (χ0) is 17.7. The monoisotopic (exact) mass is 364 g/mol. The van der Waals surface area contributed by atoms with Crippen LogP contribution in [-0.4, -0.2) is 45.7 Å². The summed E-state index contributed by atoms with van der Waals surface area (Å²) < 4.78 is 46.3. The summed E-state index contributed by atoms with van der Waals surface area (Å²) in [6, 6.07) is 6.19. The van der Waals surface area contributed by atoms with Crippen LogP contribution in [0.25, 0.3) is 0 Å². The van der Waals surface area contributed by atoms with E-state index in [0.29, 0.717) is 6.61 Å². The average molecular weight is 364 g/mol. The highest BCUT2D eigenvalue weighted by Crippen LogP contribution is 2.43. The lowest BCUT2D eigenvalue weighted by Gasteiger charge is -2.18. The van der Waals surface area contributed by atoms with Crippen molar-refractivity contribution in [1.82, 2.24) is 0 Å². The Balaban J connectivity index is 2.56. The third kappa shape index (κ3) is 7.59. The van der Waals surface area contributed by atoms with E-state index in [1.165, 1.54) is 18.8 Å². The summed E-state index contributed by atoms with van der Waals surface area (Å²) in [6.45, 7) is 6.98. The van der Waals surface area contributed by atoms with Crippen molar-refractivity contribution in [3.8, 4) is 0 Å². The van der Waals surface area contributed by atoms with Gasteiger partial charge in [-0.15, -0.1) is 0 Å². The SMILES string of the molecule is Cc1ccc(S(=O)(=O)OC[C@H](O)CP(C)(=O)OCC(C)C)cc1. The molecule has 0 radical (unpaired) electrons. The van der Waals surface area contributed by atoms with Gasteiger partial charge in [0.2, 0.25) is 7.37 Å². The molecule has 1 unspecified atom stereocenters. The molecule has 23 heavy (non-hydrogen) atoms. The molecule has 1 N–H and O–H groups in total. The maximum atomic E-state index is 12.2. The Morgan fingerprint density at radius 3 is 2.26 bits per heavy atom. The van der Waals surface area contributed by atoms with Gasteiger partial charge in [0.1, 0.15) is 0 Å². The Morgan fingerprint density at radius 2 is 1.74 bits per heavy atom. The van der Waals surface area contributed by atoms with Gasteiger partial charge in [-0.1, -0.05) is 31.5 Å². The molecule has 0 aliphatic carbocycles. The van der Waals surface area contributed by atoms with E-state index in [2.05, 4.69) is 0 Å². The van der Waals surface area contributed by atoms with Crippen molar-refractivity contribution in [3.63, 3.8) is 0 Å². The summed E-state index contributed by atoms with van der Waals surface area (Å²) in [5, 5.41) is 9.86. The first-order valence-corrected chi connectivity index (χ1v) is 11.0. The molecule has 0 bridgehead atoms. The summed E-state index contributed by atoms with van der Waals surface area (Å²) in [4.78, 5) is 0.0195. The summed E-state index contributed by atoms with van der Waals surface area (Å²) >= 11 is 0. The highest BCUT2D eigenvalue weighted by molar-refractivity contribution is 7.86. The Labute approximate surface area is 138 Å². The molecule has 0 amide bonds. The van der Waals surface area contributed by atoms with Crippen LogP contribution in [0.2, 0.25) is 0 Å². The molecular weight excluding hydrogens is 339 g/mol. The van der Waals surface area contributed by atoms with Crippen molar-refractivity contribution < 1.29 is 26.8 Å². The third-order valence-electron chi connectivity index (χ3n) is 2.95. The van der Waals surface area contributed by atoms with Gasteiger partial charge in [0.25, 0.3) is 10.1 Å². The number of benzene rings is 1. The van der Waals surface area contributed by atoms with E-state index in [4.69, 9.17) is 8.71 Å². The first-order valence-electron chi connectivity index (χ1n) is 7.37. The number of aliphatic hydroxyl groups is 1. The van der Waals surface area contributed by atoms with Gasteiger partial charge in [-0.3, -0.25) is 8.75 Å². The van der Waals surface area contributed by atoms with Crippen LogP contribution in [0.1, 0.15) is 19.4 Å². The lowest BCUT2D eigenvalue weighted by Crippen LogP contribution is -2.23. The number of aryl methyl sites for hydroxylation is 1. The van der Waals surface area contributed by atoms with Gasteiger partial charge in [0, 0.05) is 6.66 Å². The number of hydrogen-bond donors (Lipinski definition) is 1. The van der Waals surface area contributed by atoms with Crippen molar-refractivity contribution >= 4 is 17.5 Å². The molecule has 0 heterocycles. The highest BCUT2D eigenvalue weighted by atomic mass is 32.2. The lowest BCUT2D eigenvalue weighted by molar-refractivity contribution is 0.124. The molecule has 1 aromatic rings. The molecular formula is C15H25O6PS. The average Bonchev–Trinajstić information content (AvgIpc) is 2.43. The van der Waals surface area contributed by atoms with E-state index in [9.17, 15) is 18.1 Å². The maximum Gasteiger partial charge on any atom is 0.297 e. The smallest absolute Gasteiger partial charge is 0.297 e. The molecule has 0 saturated carbocycles. The zero-order valence-corrected chi connectivity index (χ0v) is 15.6. The number of hydrogen-bond acceptors (Lipinski definition) is 6. The molecule has 6 nitrogen and oxygen atoms in total. The summed E-state index contributed by atoms with van der Waals surface area (Å²) in [5.41, 5.74) is 0.929. The van der Waals surface area contributed by atoms with E-state index in [0.717, 1.165) is 5.56 Å². The predicted octanol–water partition coefficient (Wildman–Crippen LogP) is 2.64. The van der Waals surface area contributed by atoms with Gasteiger partial charge in [-0.2, -0.15) is 8.42 Å². The van der Waals surface area contributed by atoms with E-state index < -0.39 is 30.2 Å².